The van der Waals surface area contributed by atoms with Crippen LogP contribution in [0.5, 0.6) is 5.75 Å². The Morgan fingerprint density at radius 1 is 1.00 bits per heavy atom. The van der Waals surface area contributed by atoms with Crippen molar-refractivity contribution in [1.82, 2.24) is 10.2 Å². The van der Waals surface area contributed by atoms with Crippen molar-refractivity contribution in [2.24, 2.45) is 0 Å². The SMILES string of the molecule is CCCCCC1(CCCCC)OC2C=C(C(=O)N3CCCC3C(=O)NCCO)CC(OC(=O)c3ccccc3C=CCc3ccccc3O)C2O1. The molecule has 4 unspecified atom stereocenters. The van der Waals surface area contributed by atoms with Crippen molar-refractivity contribution < 1.29 is 38.8 Å². The first kappa shape index (κ1) is 38.2. The maximum Gasteiger partial charge on any atom is 0.339 e. The summed E-state index contributed by atoms with van der Waals surface area (Å²) in [6.07, 6.45) is 12.9. The summed E-state index contributed by atoms with van der Waals surface area (Å²) in [5.74, 6) is -1.72. The quantitative estimate of drug-likeness (QED) is 0.130. The van der Waals surface area contributed by atoms with E-state index < -0.39 is 36.1 Å². The standard InChI is InChI=1S/C41H54N2O8/c1-3-5-11-22-41(23-12-6-4-2)50-36-28-31(39(47)43-25-14-20-33(43)38(46)42-24-26-44)27-35(37(36)51-41)49-40(48)32-19-9-7-15-29(32)17-13-18-30-16-8-10-21-34(30)45/h7-10,13,15-17,19,21,28,33,35-37,44-45H,3-6,11-12,14,18,20,22-27H2,1-2H3,(H,42,46). The molecule has 0 bridgehead atoms. The molecule has 2 fully saturated rings. The van der Waals surface area contributed by atoms with Gasteiger partial charge in [0.2, 0.25) is 11.8 Å². The molecule has 2 aliphatic heterocycles. The second kappa shape index (κ2) is 18.5. The summed E-state index contributed by atoms with van der Waals surface area (Å²) in [5, 5.41) is 22.1. The van der Waals surface area contributed by atoms with Gasteiger partial charge in [-0.2, -0.15) is 0 Å². The van der Waals surface area contributed by atoms with Crippen LogP contribution >= 0.6 is 0 Å². The number of rotatable bonds is 17. The van der Waals surface area contributed by atoms with Gasteiger partial charge in [-0.1, -0.05) is 88.1 Å². The maximum atomic E-state index is 14.1. The molecule has 51 heavy (non-hydrogen) atoms. The van der Waals surface area contributed by atoms with Gasteiger partial charge in [-0.25, -0.2) is 4.79 Å². The molecular formula is C41H54N2O8. The van der Waals surface area contributed by atoms with Gasteiger partial charge in [-0.3, -0.25) is 9.59 Å². The van der Waals surface area contributed by atoms with Crippen LogP contribution in [0, 0.1) is 0 Å². The minimum atomic E-state index is -0.844. The largest absolute Gasteiger partial charge is 0.508 e. The Morgan fingerprint density at radius 3 is 2.45 bits per heavy atom. The smallest absolute Gasteiger partial charge is 0.339 e. The zero-order chi connectivity index (χ0) is 36.2. The Morgan fingerprint density at radius 2 is 1.73 bits per heavy atom. The predicted octanol–water partition coefficient (Wildman–Crippen LogP) is 6.24. The number of esters is 1. The number of phenolic OH excluding ortho intramolecular Hbond substituents is 1. The summed E-state index contributed by atoms with van der Waals surface area (Å²) in [6.45, 7) is 4.69. The fraction of sp³-hybridized carbons (Fsp3) is 0.537. The molecule has 276 valence electrons. The van der Waals surface area contributed by atoms with Gasteiger partial charge >= 0.3 is 5.97 Å². The maximum absolute atomic E-state index is 14.1. The zero-order valence-electron chi connectivity index (χ0n) is 30.1. The van der Waals surface area contributed by atoms with Crippen molar-refractivity contribution >= 4 is 23.9 Å². The van der Waals surface area contributed by atoms with E-state index in [4.69, 9.17) is 14.2 Å². The molecule has 3 aliphatic rings. The van der Waals surface area contributed by atoms with Crippen molar-refractivity contribution in [2.45, 2.75) is 121 Å². The van der Waals surface area contributed by atoms with Crippen LogP contribution in [0.25, 0.3) is 6.08 Å². The number of para-hydroxylation sites is 1. The highest BCUT2D eigenvalue weighted by Crippen LogP contribution is 2.43. The fourth-order valence-electron chi connectivity index (χ4n) is 7.38. The molecule has 2 aromatic rings. The van der Waals surface area contributed by atoms with Crippen LogP contribution in [0.15, 0.2) is 66.3 Å². The molecule has 4 atom stereocenters. The number of aliphatic hydroxyl groups is 1. The topological polar surface area (TPSA) is 135 Å². The molecule has 3 N–H and O–H groups in total. The number of phenols is 1. The molecule has 0 spiro atoms. The van der Waals surface area contributed by atoms with E-state index in [1.807, 2.05) is 42.5 Å². The van der Waals surface area contributed by atoms with Gasteiger partial charge in [0.25, 0.3) is 0 Å². The van der Waals surface area contributed by atoms with Gasteiger partial charge in [-0.15, -0.1) is 0 Å². The molecule has 2 amide bonds. The minimum Gasteiger partial charge on any atom is -0.508 e. The normalized spacial score (nSPS) is 22.5. The second-order valence-electron chi connectivity index (χ2n) is 13.8. The van der Waals surface area contributed by atoms with Crippen LogP contribution in [-0.4, -0.2) is 82.7 Å². The number of nitrogens with zero attached hydrogens (tertiary/aromatic N) is 1. The Kier molecular flexibility index (Phi) is 13.9. The molecule has 10 heteroatoms. The number of aromatic hydroxyl groups is 1. The fourth-order valence-corrected chi connectivity index (χ4v) is 7.38. The van der Waals surface area contributed by atoms with Gasteiger partial charge in [0.15, 0.2) is 5.79 Å². The lowest BCUT2D eigenvalue weighted by molar-refractivity contribution is -0.190. The zero-order valence-corrected chi connectivity index (χ0v) is 30.1. The first-order valence-electron chi connectivity index (χ1n) is 18.8. The van der Waals surface area contributed by atoms with E-state index in [0.29, 0.717) is 55.3 Å². The second-order valence-corrected chi connectivity index (χ2v) is 13.8. The number of fused-ring (bicyclic) bond motifs is 1. The first-order chi connectivity index (χ1) is 24.8. The van der Waals surface area contributed by atoms with E-state index in [1.165, 1.54) is 0 Å². The van der Waals surface area contributed by atoms with Crippen molar-refractivity contribution in [1.29, 1.82) is 0 Å². The van der Waals surface area contributed by atoms with Crippen molar-refractivity contribution in [3.8, 4) is 5.75 Å². The average molecular weight is 703 g/mol. The van der Waals surface area contributed by atoms with Crippen LogP contribution in [0.3, 0.4) is 0 Å². The molecule has 2 aromatic carbocycles. The number of hydrogen-bond acceptors (Lipinski definition) is 8. The van der Waals surface area contributed by atoms with E-state index in [9.17, 15) is 24.6 Å². The lowest BCUT2D eigenvalue weighted by Crippen LogP contribution is -2.49. The molecular weight excluding hydrogens is 648 g/mol. The first-order valence-corrected chi connectivity index (χ1v) is 18.8. The lowest BCUT2D eigenvalue weighted by Gasteiger charge is -2.33. The highest BCUT2D eigenvalue weighted by molar-refractivity contribution is 5.98. The summed E-state index contributed by atoms with van der Waals surface area (Å²) >= 11 is 0. The number of allylic oxidation sites excluding steroid dienone is 1. The van der Waals surface area contributed by atoms with E-state index in [-0.39, 0.29) is 37.1 Å². The van der Waals surface area contributed by atoms with Crippen molar-refractivity contribution in [3.05, 3.63) is 82.9 Å². The number of unbranched alkanes of at least 4 members (excludes halogenated alkanes) is 4. The third-order valence-corrected chi connectivity index (χ3v) is 10.1. The Hall–Kier alpha value is -3.99. The molecule has 2 saturated heterocycles. The van der Waals surface area contributed by atoms with Crippen LogP contribution in [-0.2, 0) is 30.2 Å². The third-order valence-electron chi connectivity index (χ3n) is 10.1. The number of likely N-dealkylation sites (tertiary alicyclic amines) is 1. The number of carbonyl (C=O) groups is 3. The molecule has 1 aliphatic carbocycles. The van der Waals surface area contributed by atoms with Crippen LogP contribution < -0.4 is 5.32 Å². The van der Waals surface area contributed by atoms with Gasteiger partial charge < -0.3 is 34.6 Å². The van der Waals surface area contributed by atoms with Crippen LogP contribution in [0.2, 0.25) is 0 Å². The molecule has 10 nitrogen and oxygen atoms in total. The highest BCUT2D eigenvalue weighted by atomic mass is 16.8. The number of hydrogen-bond donors (Lipinski definition) is 3. The Labute approximate surface area is 301 Å². The summed E-state index contributed by atoms with van der Waals surface area (Å²) in [6, 6.07) is 13.7. The molecule has 0 aromatic heterocycles. The van der Waals surface area contributed by atoms with E-state index in [1.54, 1.807) is 29.2 Å². The number of aliphatic hydroxyl groups excluding tert-OH is 1. The van der Waals surface area contributed by atoms with Crippen molar-refractivity contribution in [2.75, 3.05) is 19.7 Å². The summed E-state index contributed by atoms with van der Waals surface area (Å²) in [7, 11) is 0. The van der Waals surface area contributed by atoms with E-state index in [0.717, 1.165) is 44.1 Å². The number of nitrogens with one attached hydrogen (secondary N) is 1. The number of amides is 2. The average Bonchev–Trinajstić information content (AvgIpc) is 3.77. The van der Waals surface area contributed by atoms with Gasteiger partial charge in [-0.05, 0) is 61.4 Å². The van der Waals surface area contributed by atoms with E-state index >= 15 is 0 Å². The third kappa shape index (κ3) is 9.67. The number of ether oxygens (including phenoxy) is 3. The summed E-state index contributed by atoms with van der Waals surface area (Å²) < 4.78 is 19.9. The molecule has 0 saturated carbocycles. The molecule has 2 heterocycles. The van der Waals surface area contributed by atoms with E-state index in [2.05, 4.69) is 19.2 Å². The van der Waals surface area contributed by atoms with Gasteiger partial charge in [0.1, 0.15) is 30.1 Å². The summed E-state index contributed by atoms with van der Waals surface area (Å²) in [5.41, 5.74) is 2.26. The predicted molar refractivity (Wildman–Crippen MR) is 195 cm³/mol. The molecule has 0 radical (unpaired) electrons. The number of benzene rings is 2. The lowest BCUT2D eigenvalue weighted by atomic mass is 9.91. The summed E-state index contributed by atoms with van der Waals surface area (Å²) in [4.78, 5) is 42.6. The minimum absolute atomic E-state index is 0.122. The van der Waals surface area contributed by atoms with Gasteiger partial charge in [0.05, 0.1) is 12.2 Å². The van der Waals surface area contributed by atoms with Crippen molar-refractivity contribution in [3.63, 3.8) is 0 Å². The Balaban J connectivity index is 1.40. The Bertz CT molecular complexity index is 1540. The van der Waals surface area contributed by atoms with Crippen LogP contribution in [0.1, 0.15) is 106 Å². The monoisotopic (exact) mass is 702 g/mol. The van der Waals surface area contributed by atoms with Gasteiger partial charge in [0, 0.05) is 37.9 Å². The highest BCUT2D eigenvalue weighted by Gasteiger charge is 2.53. The van der Waals surface area contributed by atoms with Crippen LogP contribution in [0.4, 0.5) is 0 Å². The molecule has 5 rings (SSSR count). The number of carbonyl (C=O) groups excluding carboxylic acids is 3.